The minimum absolute atomic E-state index is 0. The first-order valence-corrected chi connectivity index (χ1v) is 6.23. The van der Waals surface area contributed by atoms with E-state index in [-0.39, 0.29) is 69.7 Å². The van der Waals surface area contributed by atoms with Crippen molar-refractivity contribution >= 4 is 35.8 Å². The third-order valence-electron chi connectivity index (χ3n) is 2.51. The van der Waals surface area contributed by atoms with E-state index in [0.717, 1.165) is 0 Å². The van der Waals surface area contributed by atoms with Crippen LogP contribution in [0.5, 0.6) is 0 Å². The number of hydrogen-bond donors (Lipinski definition) is 5. The van der Waals surface area contributed by atoms with E-state index >= 15 is 0 Å². The van der Waals surface area contributed by atoms with E-state index < -0.39 is 72.7 Å². The van der Waals surface area contributed by atoms with Gasteiger partial charge in [0.25, 0.3) is 0 Å². The number of quaternary nitrogens is 3. The molecular formula is C12H22Fe3N3O14. The molecule has 32 heavy (non-hydrogen) atoms. The Morgan fingerprint density at radius 1 is 0.469 bits per heavy atom. The van der Waals surface area contributed by atoms with E-state index in [1.807, 2.05) is 0 Å². The van der Waals surface area contributed by atoms with Gasteiger partial charge in [-0.05, 0) is 0 Å². The Hall–Kier alpha value is -1.82. The van der Waals surface area contributed by atoms with E-state index in [1.54, 1.807) is 0 Å². The van der Waals surface area contributed by atoms with Crippen LogP contribution < -0.4 is 49.1 Å². The Morgan fingerprint density at radius 2 is 0.594 bits per heavy atom. The number of carboxylic acids is 6. The molecule has 17 nitrogen and oxygen atoms in total. The first kappa shape index (κ1) is 52.2. The molecule has 0 aromatic rings. The van der Waals surface area contributed by atoms with Crippen LogP contribution in [0.25, 0.3) is 0 Å². The molecule has 0 atom stereocenters. The second-order valence-corrected chi connectivity index (χ2v) is 4.83. The minimum atomic E-state index is -2.97. The number of rotatable bonds is 10. The van der Waals surface area contributed by atoms with Crippen molar-refractivity contribution in [2.45, 2.75) is 36.9 Å². The average molecular weight is 600 g/mol. The van der Waals surface area contributed by atoms with E-state index in [4.69, 9.17) is 10.2 Å². The minimum Gasteiger partial charge on any atom is -0.550 e. The maximum absolute atomic E-state index is 10.1. The normalized spacial score (nSPS) is 8.81. The summed E-state index contributed by atoms with van der Waals surface area (Å²) in [6.45, 7) is 0. The van der Waals surface area contributed by atoms with Crippen LogP contribution in [0.15, 0.2) is 0 Å². The van der Waals surface area contributed by atoms with Gasteiger partial charge in [0.05, 0.1) is 11.9 Å². The predicted molar refractivity (Wildman–Crippen MR) is 76.4 cm³/mol. The standard InChI is InChI=1S/2C6H8O7.3Fe.3H3N/c2*7-3(8)1-6(13,5(11)12)2-4(9)10;;;;;;/h2*13H,1-2H2,(H,7,8)(H,9,10)(H,11,12);;;;3*1H3/q;;3*+1;;;/p-3. The second kappa shape index (κ2) is 22.4. The van der Waals surface area contributed by atoms with E-state index in [9.17, 15) is 59.4 Å². The van der Waals surface area contributed by atoms with Crippen LogP contribution in [-0.4, -0.2) is 57.2 Å². The molecule has 0 aromatic carbocycles. The third kappa shape index (κ3) is 22.9. The SMILES string of the molecule is O=C([O-])CC(O)(CC(=O)[O-])C(=O)[O-].O=C([O-])CC(O)(CC(=O)[O-])C(=O)[O-].[Fe+].[Fe+].[Fe+].[NH4+].[NH4+].[NH4+]. The molecule has 0 fully saturated rings. The molecule has 193 valence electrons. The summed E-state index contributed by atoms with van der Waals surface area (Å²) in [5.74, 6) is -12.0. The van der Waals surface area contributed by atoms with Crippen molar-refractivity contribution in [1.82, 2.24) is 18.5 Å². The third-order valence-corrected chi connectivity index (χ3v) is 2.51. The molecule has 0 aliphatic carbocycles. The van der Waals surface area contributed by atoms with Crippen LogP contribution in [0.2, 0.25) is 0 Å². The van der Waals surface area contributed by atoms with Gasteiger partial charge < -0.3 is 88.1 Å². The molecular weight excluding hydrogens is 578 g/mol. The number of hydrogen-bond acceptors (Lipinski definition) is 14. The van der Waals surface area contributed by atoms with Gasteiger partial charge in [0.1, 0.15) is 11.2 Å². The number of carbonyl (C=O) groups excluding carboxylic acids is 6. The van der Waals surface area contributed by atoms with Crippen molar-refractivity contribution in [2.24, 2.45) is 0 Å². The van der Waals surface area contributed by atoms with Crippen LogP contribution >= 0.6 is 0 Å². The van der Waals surface area contributed by atoms with Crippen LogP contribution in [0.1, 0.15) is 25.7 Å². The zero-order chi connectivity index (χ0) is 21.3. The second-order valence-electron chi connectivity index (χ2n) is 4.83. The van der Waals surface area contributed by atoms with Gasteiger partial charge in [-0.15, -0.1) is 0 Å². The fraction of sp³-hybridized carbons (Fsp3) is 0.500. The number of carbonyl (C=O) groups is 6. The quantitative estimate of drug-likeness (QED) is 0.145. The molecule has 0 amide bonds. The Labute approximate surface area is 211 Å². The summed E-state index contributed by atoms with van der Waals surface area (Å²) in [5, 5.41) is 77.9. The molecule has 20 heteroatoms. The molecule has 0 aromatic heterocycles. The van der Waals surface area contributed by atoms with Crippen molar-refractivity contribution in [2.75, 3.05) is 0 Å². The summed E-state index contributed by atoms with van der Waals surface area (Å²) in [4.78, 5) is 60.0. The Morgan fingerprint density at radius 3 is 0.656 bits per heavy atom. The number of carboxylic acid groups (broad SMARTS) is 6. The van der Waals surface area contributed by atoms with Crippen molar-refractivity contribution in [3.8, 4) is 0 Å². The van der Waals surface area contributed by atoms with Gasteiger partial charge in [-0.1, -0.05) is 0 Å². The summed E-state index contributed by atoms with van der Waals surface area (Å²) < 4.78 is 0. The molecule has 0 spiro atoms. The van der Waals surface area contributed by atoms with Crippen LogP contribution in [-0.2, 0) is 80.0 Å². The van der Waals surface area contributed by atoms with Gasteiger partial charge in [-0.25, -0.2) is 0 Å². The maximum Gasteiger partial charge on any atom is 1.00 e. The molecule has 0 saturated heterocycles. The molecule has 14 N–H and O–H groups in total. The zero-order valence-corrected chi connectivity index (χ0v) is 20.0. The van der Waals surface area contributed by atoms with Crippen LogP contribution in [0.4, 0.5) is 0 Å². The van der Waals surface area contributed by atoms with E-state index in [2.05, 4.69) is 0 Å². The topological polar surface area (TPSA) is 391 Å². The number of aliphatic hydroxyl groups is 2. The van der Waals surface area contributed by atoms with E-state index in [0.29, 0.717) is 0 Å². The largest absolute Gasteiger partial charge is 1.00 e. The van der Waals surface area contributed by atoms with Crippen molar-refractivity contribution in [3.63, 3.8) is 0 Å². The van der Waals surface area contributed by atoms with Crippen LogP contribution in [0, 0.1) is 0 Å². The summed E-state index contributed by atoms with van der Waals surface area (Å²) in [6, 6.07) is 0. The molecule has 0 bridgehead atoms. The van der Waals surface area contributed by atoms with Crippen LogP contribution in [0.3, 0.4) is 0 Å². The number of aliphatic carboxylic acids is 6. The monoisotopic (exact) mass is 600 g/mol. The maximum atomic E-state index is 10.1. The van der Waals surface area contributed by atoms with Crippen molar-refractivity contribution < 1.29 is 121 Å². The molecule has 0 heterocycles. The summed E-state index contributed by atoms with van der Waals surface area (Å²) >= 11 is 0. The van der Waals surface area contributed by atoms with Crippen molar-refractivity contribution in [1.29, 1.82) is 0 Å². The predicted octanol–water partition coefficient (Wildman–Crippen LogP) is -9.38. The first-order valence-electron chi connectivity index (χ1n) is 6.23. The van der Waals surface area contributed by atoms with Gasteiger partial charge >= 0.3 is 51.2 Å². The summed E-state index contributed by atoms with van der Waals surface area (Å²) in [6.07, 6.45) is -5.43. The Kier molecular flexibility index (Phi) is 36.5. The Bertz CT molecular complexity index is 535. The first-order chi connectivity index (χ1) is 11.6. The molecule has 0 saturated carbocycles. The fourth-order valence-corrected chi connectivity index (χ4v) is 1.37. The fourth-order valence-electron chi connectivity index (χ4n) is 1.37. The average Bonchev–Trinajstić information content (AvgIpc) is 2.34. The van der Waals surface area contributed by atoms with Gasteiger partial charge in [-0.3, -0.25) is 0 Å². The smallest absolute Gasteiger partial charge is 0.550 e. The summed E-state index contributed by atoms with van der Waals surface area (Å²) in [7, 11) is 0. The Balaban J connectivity index is -0.0000000505. The van der Waals surface area contributed by atoms with Crippen molar-refractivity contribution in [3.05, 3.63) is 0 Å². The van der Waals surface area contributed by atoms with Gasteiger partial charge in [0.15, 0.2) is 0 Å². The molecule has 0 rings (SSSR count). The van der Waals surface area contributed by atoms with E-state index in [1.165, 1.54) is 0 Å². The van der Waals surface area contributed by atoms with Gasteiger partial charge in [0, 0.05) is 49.6 Å². The molecule has 0 aliphatic heterocycles. The molecule has 3 radical (unpaired) electrons. The van der Waals surface area contributed by atoms with Gasteiger partial charge in [0.2, 0.25) is 0 Å². The summed E-state index contributed by atoms with van der Waals surface area (Å²) in [5.41, 5.74) is -5.95. The molecule has 0 unspecified atom stereocenters. The zero-order valence-electron chi connectivity index (χ0n) is 16.7. The molecule has 0 aliphatic rings. The van der Waals surface area contributed by atoms with Gasteiger partial charge in [-0.2, -0.15) is 0 Å².